The first-order chi connectivity index (χ1) is 20.3. The van der Waals surface area contributed by atoms with Crippen LogP contribution in [0.5, 0.6) is 0 Å². The van der Waals surface area contributed by atoms with Gasteiger partial charge in [-0.1, -0.05) is 36.4 Å². The maximum absolute atomic E-state index is 12.8. The molecule has 0 fully saturated rings. The molecule has 0 N–H and O–H groups in total. The van der Waals surface area contributed by atoms with Crippen molar-refractivity contribution in [3.8, 4) is 0 Å². The van der Waals surface area contributed by atoms with E-state index in [-0.39, 0.29) is 0 Å². The Morgan fingerprint density at radius 3 is 1.45 bits per heavy atom. The number of nitrogens with zero attached hydrogens (tertiary/aromatic N) is 4. The maximum Gasteiger partial charge on any atom is 0.356 e. The normalized spacial score (nSPS) is 11.6. The number of unbranched alkanes of at least 4 members (excludes halogenated alkanes) is 3. The summed E-state index contributed by atoms with van der Waals surface area (Å²) in [6.07, 6.45) is 3.18. The van der Waals surface area contributed by atoms with Gasteiger partial charge in [-0.25, -0.2) is 19.6 Å². The van der Waals surface area contributed by atoms with Crippen LogP contribution in [0.15, 0.2) is 60.7 Å². The first kappa shape index (κ1) is 27.4. The lowest BCUT2D eigenvalue weighted by Gasteiger charge is -2.08. The summed E-state index contributed by atoms with van der Waals surface area (Å²) in [5.41, 5.74) is 6.51. The topological polar surface area (TPSA) is 88.2 Å². The molecule has 0 saturated heterocycles. The number of aryl methyl sites for hydroxylation is 4. The van der Waals surface area contributed by atoms with Crippen LogP contribution in [0.3, 0.4) is 0 Å². The third-order valence-electron chi connectivity index (χ3n) is 8.04. The zero-order valence-corrected chi connectivity index (χ0v) is 24.4. The van der Waals surface area contributed by atoms with Gasteiger partial charge < -0.3 is 18.6 Å². The summed E-state index contributed by atoms with van der Waals surface area (Å²) in [6, 6.07) is 19.9. The number of hydrogen-bond donors (Lipinski definition) is 0. The molecule has 0 amide bonds. The molecule has 0 saturated carbocycles. The molecule has 6 rings (SSSR count). The van der Waals surface area contributed by atoms with Crippen LogP contribution in [0.4, 0.5) is 0 Å². The number of para-hydroxylation sites is 2. The van der Waals surface area contributed by atoms with Gasteiger partial charge in [0.15, 0.2) is 0 Å². The lowest BCUT2D eigenvalue weighted by atomic mass is 10.1. The van der Waals surface area contributed by atoms with Crippen LogP contribution in [0, 0.1) is 13.8 Å². The van der Waals surface area contributed by atoms with Crippen molar-refractivity contribution in [2.45, 2.75) is 39.5 Å². The highest BCUT2D eigenvalue weighted by Gasteiger charge is 2.18. The molecule has 4 heterocycles. The smallest absolute Gasteiger partial charge is 0.356 e. The average molecular weight is 563 g/mol. The van der Waals surface area contributed by atoms with Gasteiger partial charge in [0.2, 0.25) is 0 Å². The van der Waals surface area contributed by atoms with Gasteiger partial charge >= 0.3 is 11.9 Å². The molecule has 0 radical (unpaired) electrons. The maximum atomic E-state index is 12.8. The minimum absolute atomic E-state index is 0.321. The van der Waals surface area contributed by atoms with E-state index in [1.807, 2.05) is 64.3 Å². The Balaban J connectivity index is 0.973. The quantitative estimate of drug-likeness (QED) is 0.140. The SMILES string of the molecule is Cc1nc(C(=O)OCCCCCCOC(=O)c2cc3c4ccccc4n(C)c3c(C)n2)cc2c3ccccc3n(C)c12. The van der Waals surface area contributed by atoms with Crippen molar-refractivity contribution in [3.63, 3.8) is 0 Å². The summed E-state index contributed by atoms with van der Waals surface area (Å²) in [5, 5.41) is 4.19. The second-order valence-electron chi connectivity index (χ2n) is 10.8. The fraction of sp³-hybridized carbons (Fsp3) is 0.294. The van der Waals surface area contributed by atoms with Crippen LogP contribution in [0.1, 0.15) is 58.0 Å². The second kappa shape index (κ2) is 11.3. The number of hydrogen-bond acceptors (Lipinski definition) is 6. The van der Waals surface area contributed by atoms with Gasteiger partial charge in [0, 0.05) is 46.7 Å². The van der Waals surface area contributed by atoms with Crippen molar-refractivity contribution in [1.82, 2.24) is 19.1 Å². The molecule has 4 aromatic heterocycles. The van der Waals surface area contributed by atoms with Crippen LogP contribution in [0.2, 0.25) is 0 Å². The fourth-order valence-corrected chi connectivity index (χ4v) is 6.06. The first-order valence-electron chi connectivity index (χ1n) is 14.4. The van der Waals surface area contributed by atoms with Gasteiger partial charge in [-0.05, 0) is 63.8 Å². The molecule has 2 aromatic carbocycles. The molecule has 214 valence electrons. The first-order valence-corrected chi connectivity index (χ1v) is 14.4. The van der Waals surface area contributed by atoms with E-state index in [2.05, 4.69) is 43.4 Å². The van der Waals surface area contributed by atoms with Gasteiger partial charge in [0.25, 0.3) is 0 Å². The predicted molar refractivity (Wildman–Crippen MR) is 165 cm³/mol. The molecule has 0 unspecified atom stereocenters. The lowest BCUT2D eigenvalue weighted by Crippen LogP contribution is -2.10. The summed E-state index contributed by atoms with van der Waals surface area (Å²) in [4.78, 5) is 34.6. The van der Waals surface area contributed by atoms with E-state index >= 15 is 0 Å². The van der Waals surface area contributed by atoms with Crippen molar-refractivity contribution in [1.29, 1.82) is 0 Å². The largest absolute Gasteiger partial charge is 0.461 e. The molecule has 0 bridgehead atoms. The monoisotopic (exact) mass is 562 g/mol. The fourth-order valence-electron chi connectivity index (χ4n) is 6.06. The molecule has 0 atom stereocenters. The number of aromatic nitrogens is 4. The van der Waals surface area contributed by atoms with Gasteiger partial charge in [-0.2, -0.15) is 0 Å². The van der Waals surface area contributed by atoms with Gasteiger partial charge in [-0.15, -0.1) is 0 Å². The van der Waals surface area contributed by atoms with E-state index in [0.29, 0.717) is 24.6 Å². The number of rotatable bonds is 9. The minimum atomic E-state index is -0.409. The summed E-state index contributed by atoms with van der Waals surface area (Å²) >= 11 is 0. The van der Waals surface area contributed by atoms with Crippen LogP contribution in [-0.2, 0) is 23.6 Å². The van der Waals surface area contributed by atoms with E-state index in [1.165, 1.54) is 0 Å². The molecule has 42 heavy (non-hydrogen) atoms. The number of fused-ring (bicyclic) bond motifs is 6. The summed E-state index contributed by atoms with van der Waals surface area (Å²) in [6.45, 7) is 4.48. The summed E-state index contributed by atoms with van der Waals surface area (Å²) in [7, 11) is 4.03. The molecular weight excluding hydrogens is 528 g/mol. The Morgan fingerprint density at radius 2 is 1.02 bits per heavy atom. The predicted octanol–water partition coefficient (Wildman–Crippen LogP) is 6.96. The third kappa shape index (κ3) is 4.87. The van der Waals surface area contributed by atoms with E-state index in [0.717, 1.165) is 80.7 Å². The van der Waals surface area contributed by atoms with E-state index in [9.17, 15) is 9.59 Å². The molecule has 6 aromatic rings. The molecule has 0 aliphatic carbocycles. The average Bonchev–Trinajstić information content (AvgIpc) is 3.45. The number of ether oxygens (including phenoxy) is 2. The number of carbonyl (C=O) groups excluding carboxylic acids is 2. The van der Waals surface area contributed by atoms with Crippen molar-refractivity contribution in [2.24, 2.45) is 14.1 Å². The number of carbonyl (C=O) groups is 2. The summed E-state index contributed by atoms with van der Waals surface area (Å²) in [5.74, 6) is -0.819. The number of pyridine rings is 2. The minimum Gasteiger partial charge on any atom is -0.461 e. The zero-order valence-electron chi connectivity index (χ0n) is 24.4. The number of benzene rings is 2. The van der Waals surface area contributed by atoms with Crippen molar-refractivity contribution in [3.05, 3.63) is 83.4 Å². The zero-order chi connectivity index (χ0) is 29.4. The lowest BCUT2D eigenvalue weighted by molar-refractivity contribution is 0.0467. The molecular formula is C34H34N4O4. The second-order valence-corrected chi connectivity index (χ2v) is 10.8. The Hall–Kier alpha value is -4.72. The molecule has 0 aliphatic heterocycles. The van der Waals surface area contributed by atoms with Crippen LogP contribution in [0.25, 0.3) is 43.6 Å². The van der Waals surface area contributed by atoms with Crippen molar-refractivity contribution < 1.29 is 19.1 Å². The van der Waals surface area contributed by atoms with E-state index in [1.54, 1.807) is 0 Å². The highest BCUT2D eigenvalue weighted by molar-refractivity contribution is 6.11. The molecule has 0 aliphatic rings. The van der Waals surface area contributed by atoms with Gasteiger partial charge in [-0.3, -0.25) is 0 Å². The Kier molecular flexibility index (Phi) is 7.37. The molecule has 8 heteroatoms. The van der Waals surface area contributed by atoms with E-state index < -0.39 is 11.9 Å². The van der Waals surface area contributed by atoms with Crippen LogP contribution >= 0.6 is 0 Å². The molecule has 0 spiro atoms. The van der Waals surface area contributed by atoms with Gasteiger partial charge in [0.1, 0.15) is 11.4 Å². The third-order valence-corrected chi connectivity index (χ3v) is 8.04. The molecule has 8 nitrogen and oxygen atoms in total. The summed E-state index contributed by atoms with van der Waals surface area (Å²) < 4.78 is 15.3. The Morgan fingerprint density at radius 1 is 0.619 bits per heavy atom. The standard InChI is InChI=1S/C34H34N4O4/c1-21-31-25(23-13-7-9-15-29(23)37(31)3)19-27(35-21)33(39)41-17-11-5-6-12-18-42-34(40)28-20-26-24-14-8-10-16-30(24)38(4)32(26)22(2)36-28/h7-10,13-16,19-20H,5-6,11-12,17-18H2,1-4H3. The highest BCUT2D eigenvalue weighted by atomic mass is 16.5. The van der Waals surface area contributed by atoms with Crippen molar-refractivity contribution >= 4 is 55.6 Å². The highest BCUT2D eigenvalue weighted by Crippen LogP contribution is 2.31. The number of esters is 2. The van der Waals surface area contributed by atoms with Crippen LogP contribution in [-0.4, -0.2) is 44.3 Å². The van der Waals surface area contributed by atoms with Crippen LogP contribution < -0.4 is 0 Å². The van der Waals surface area contributed by atoms with E-state index in [4.69, 9.17) is 9.47 Å². The Bertz CT molecular complexity index is 1840. The van der Waals surface area contributed by atoms with Gasteiger partial charge in [0.05, 0.1) is 35.6 Å². The Labute approximate surface area is 243 Å². The van der Waals surface area contributed by atoms with Crippen molar-refractivity contribution in [2.75, 3.05) is 13.2 Å².